The molecular formula is C19H20N2O4. The van der Waals surface area contributed by atoms with Crippen molar-refractivity contribution >= 4 is 23.2 Å². The summed E-state index contributed by atoms with van der Waals surface area (Å²) in [5.74, 6) is 0.955. The van der Waals surface area contributed by atoms with E-state index in [4.69, 9.17) is 9.47 Å². The molecule has 1 saturated heterocycles. The van der Waals surface area contributed by atoms with Crippen LogP contribution in [0.1, 0.15) is 13.3 Å². The predicted molar refractivity (Wildman–Crippen MR) is 95.1 cm³/mol. The molecule has 2 aromatic rings. The lowest BCUT2D eigenvalue weighted by atomic mass is 10.2. The van der Waals surface area contributed by atoms with E-state index in [1.807, 2.05) is 31.2 Å². The van der Waals surface area contributed by atoms with Gasteiger partial charge in [-0.25, -0.2) is 4.90 Å². The number of benzene rings is 2. The topological polar surface area (TPSA) is 67.9 Å². The fourth-order valence-corrected chi connectivity index (χ4v) is 2.76. The van der Waals surface area contributed by atoms with Crippen LogP contribution in [0.2, 0.25) is 0 Å². The fourth-order valence-electron chi connectivity index (χ4n) is 2.76. The molecule has 6 nitrogen and oxygen atoms in total. The van der Waals surface area contributed by atoms with E-state index in [1.54, 1.807) is 31.4 Å². The van der Waals surface area contributed by atoms with Crippen molar-refractivity contribution in [2.45, 2.75) is 19.4 Å². The molecule has 1 fully saturated rings. The predicted octanol–water partition coefficient (Wildman–Crippen LogP) is 2.84. The molecule has 0 bridgehead atoms. The molecular weight excluding hydrogens is 320 g/mol. The highest BCUT2D eigenvalue weighted by Crippen LogP contribution is 2.27. The van der Waals surface area contributed by atoms with Crippen LogP contribution in [-0.2, 0) is 9.59 Å². The Morgan fingerprint density at radius 2 is 1.68 bits per heavy atom. The molecule has 0 spiro atoms. The van der Waals surface area contributed by atoms with Gasteiger partial charge >= 0.3 is 0 Å². The minimum absolute atomic E-state index is 0.123. The maximum absolute atomic E-state index is 12.6. The van der Waals surface area contributed by atoms with Crippen molar-refractivity contribution in [3.63, 3.8) is 0 Å². The zero-order chi connectivity index (χ0) is 17.8. The largest absolute Gasteiger partial charge is 0.497 e. The summed E-state index contributed by atoms with van der Waals surface area (Å²) in [4.78, 5) is 26.1. The van der Waals surface area contributed by atoms with E-state index in [2.05, 4.69) is 5.32 Å². The molecule has 1 atom stereocenters. The molecule has 130 valence electrons. The van der Waals surface area contributed by atoms with E-state index < -0.39 is 6.04 Å². The second-order valence-electron chi connectivity index (χ2n) is 5.62. The molecule has 2 aromatic carbocycles. The summed E-state index contributed by atoms with van der Waals surface area (Å²) in [5.41, 5.74) is 1.32. The molecule has 1 aliphatic heterocycles. The van der Waals surface area contributed by atoms with Crippen LogP contribution in [-0.4, -0.2) is 31.6 Å². The molecule has 0 saturated carbocycles. The van der Waals surface area contributed by atoms with E-state index in [-0.39, 0.29) is 18.2 Å². The van der Waals surface area contributed by atoms with Crippen LogP contribution in [0.5, 0.6) is 11.5 Å². The van der Waals surface area contributed by atoms with Gasteiger partial charge in [0.2, 0.25) is 5.91 Å². The van der Waals surface area contributed by atoms with Crippen molar-refractivity contribution in [3.8, 4) is 11.5 Å². The Morgan fingerprint density at radius 1 is 1.04 bits per heavy atom. The monoisotopic (exact) mass is 340 g/mol. The van der Waals surface area contributed by atoms with Crippen LogP contribution in [0.4, 0.5) is 11.4 Å². The zero-order valence-electron chi connectivity index (χ0n) is 14.2. The minimum Gasteiger partial charge on any atom is -0.497 e. The molecule has 3 rings (SSSR count). The molecule has 1 N–H and O–H groups in total. The molecule has 2 amide bonds. The summed E-state index contributed by atoms with van der Waals surface area (Å²) in [6, 6.07) is 13.6. The fraction of sp³-hybridized carbons (Fsp3) is 0.263. The lowest BCUT2D eigenvalue weighted by molar-refractivity contribution is -0.121. The van der Waals surface area contributed by atoms with Gasteiger partial charge in [-0.3, -0.25) is 9.59 Å². The normalized spacial score (nSPS) is 16.9. The molecule has 1 aliphatic rings. The van der Waals surface area contributed by atoms with Crippen LogP contribution in [0.25, 0.3) is 0 Å². The third-order valence-electron chi connectivity index (χ3n) is 3.98. The van der Waals surface area contributed by atoms with Crippen molar-refractivity contribution in [3.05, 3.63) is 48.5 Å². The Kier molecular flexibility index (Phi) is 4.88. The number of methoxy groups -OCH3 is 1. The summed E-state index contributed by atoms with van der Waals surface area (Å²) in [6.45, 7) is 2.52. The maximum atomic E-state index is 12.6. The number of hydrogen-bond donors (Lipinski definition) is 1. The van der Waals surface area contributed by atoms with Crippen LogP contribution in [0, 0.1) is 0 Å². The van der Waals surface area contributed by atoms with Gasteiger partial charge in [-0.05, 0) is 55.5 Å². The second-order valence-corrected chi connectivity index (χ2v) is 5.62. The standard InChI is InChI=1S/C19H20N2O4/c1-3-25-16-8-4-13(5-9-16)20-17-12-18(22)21(19(17)23)14-6-10-15(24-2)11-7-14/h4-11,17,20H,3,12H2,1-2H3. The molecule has 25 heavy (non-hydrogen) atoms. The summed E-state index contributed by atoms with van der Waals surface area (Å²) in [5, 5.41) is 3.12. The van der Waals surface area contributed by atoms with E-state index in [9.17, 15) is 9.59 Å². The summed E-state index contributed by atoms with van der Waals surface area (Å²) in [6.07, 6.45) is 0.123. The third kappa shape index (κ3) is 3.57. The number of nitrogens with zero attached hydrogens (tertiary/aromatic N) is 1. The van der Waals surface area contributed by atoms with E-state index >= 15 is 0 Å². The van der Waals surface area contributed by atoms with Gasteiger partial charge in [-0.15, -0.1) is 0 Å². The quantitative estimate of drug-likeness (QED) is 0.819. The Bertz CT molecular complexity index is 756. The number of ether oxygens (including phenoxy) is 2. The van der Waals surface area contributed by atoms with Crippen LogP contribution < -0.4 is 19.7 Å². The van der Waals surface area contributed by atoms with Gasteiger partial charge in [0.05, 0.1) is 25.8 Å². The lowest BCUT2D eigenvalue weighted by Crippen LogP contribution is -2.34. The Labute approximate surface area is 146 Å². The maximum Gasteiger partial charge on any atom is 0.256 e. The molecule has 1 unspecified atom stereocenters. The van der Waals surface area contributed by atoms with Gasteiger partial charge in [0.15, 0.2) is 0 Å². The third-order valence-corrected chi connectivity index (χ3v) is 3.98. The number of imide groups is 1. The van der Waals surface area contributed by atoms with Gasteiger partial charge in [-0.2, -0.15) is 0 Å². The van der Waals surface area contributed by atoms with E-state index in [0.29, 0.717) is 18.0 Å². The number of carbonyl (C=O) groups excluding carboxylic acids is 2. The smallest absolute Gasteiger partial charge is 0.256 e. The minimum atomic E-state index is -0.576. The first kappa shape index (κ1) is 16.8. The summed E-state index contributed by atoms with van der Waals surface area (Å²) < 4.78 is 10.5. The van der Waals surface area contributed by atoms with Crippen molar-refractivity contribution < 1.29 is 19.1 Å². The van der Waals surface area contributed by atoms with Gasteiger partial charge in [-0.1, -0.05) is 0 Å². The molecule has 0 aromatic heterocycles. The number of anilines is 2. The van der Waals surface area contributed by atoms with Gasteiger partial charge in [0.1, 0.15) is 17.5 Å². The summed E-state index contributed by atoms with van der Waals surface area (Å²) >= 11 is 0. The van der Waals surface area contributed by atoms with Crippen molar-refractivity contribution in [2.24, 2.45) is 0 Å². The number of carbonyl (C=O) groups is 2. The molecule has 0 aliphatic carbocycles. The van der Waals surface area contributed by atoms with Crippen molar-refractivity contribution in [2.75, 3.05) is 23.9 Å². The van der Waals surface area contributed by atoms with Crippen molar-refractivity contribution in [1.82, 2.24) is 0 Å². The van der Waals surface area contributed by atoms with Crippen LogP contribution >= 0.6 is 0 Å². The van der Waals surface area contributed by atoms with Crippen LogP contribution in [0.3, 0.4) is 0 Å². The number of rotatable bonds is 6. The Hall–Kier alpha value is -3.02. The average Bonchev–Trinajstić information content (AvgIpc) is 2.90. The first-order chi connectivity index (χ1) is 12.1. The Balaban J connectivity index is 1.71. The van der Waals surface area contributed by atoms with E-state index in [1.165, 1.54) is 4.90 Å². The molecule has 0 radical (unpaired) electrons. The number of nitrogens with one attached hydrogen (secondary N) is 1. The first-order valence-corrected chi connectivity index (χ1v) is 8.12. The highest BCUT2D eigenvalue weighted by Gasteiger charge is 2.39. The second kappa shape index (κ2) is 7.25. The van der Waals surface area contributed by atoms with Gasteiger partial charge in [0.25, 0.3) is 5.91 Å². The highest BCUT2D eigenvalue weighted by molar-refractivity contribution is 6.23. The SMILES string of the molecule is CCOc1ccc(NC2CC(=O)N(c3ccc(OC)cc3)C2=O)cc1. The summed E-state index contributed by atoms with van der Waals surface area (Å²) in [7, 11) is 1.57. The molecule has 1 heterocycles. The van der Waals surface area contributed by atoms with E-state index in [0.717, 1.165) is 11.4 Å². The van der Waals surface area contributed by atoms with Gasteiger partial charge < -0.3 is 14.8 Å². The van der Waals surface area contributed by atoms with Gasteiger partial charge in [0, 0.05) is 5.69 Å². The highest BCUT2D eigenvalue weighted by atomic mass is 16.5. The van der Waals surface area contributed by atoms with Crippen molar-refractivity contribution in [1.29, 1.82) is 0 Å². The molecule has 6 heteroatoms. The average molecular weight is 340 g/mol. The number of hydrogen-bond acceptors (Lipinski definition) is 5. The first-order valence-electron chi connectivity index (χ1n) is 8.12. The zero-order valence-corrected chi connectivity index (χ0v) is 14.2. The van der Waals surface area contributed by atoms with Crippen LogP contribution in [0.15, 0.2) is 48.5 Å². The Morgan fingerprint density at radius 3 is 2.28 bits per heavy atom. The number of amides is 2. The lowest BCUT2D eigenvalue weighted by Gasteiger charge is -2.16.